The number of hydrogen-bond acceptors (Lipinski definition) is 3. The van der Waals surface area contributed by atoms with Gasteiger partial charge in [0.1, 0.15) is 0 Å². The first-order valence-electron chi connectivity index (χ1n) is 7.67. The number of nitrogens with two attached hydrogens (primary N) is 1. The molecule has 6 heteroatoms. The molecule has 1 aliphatic rings. The molecule has 0 saturated carbocycles. The van der Waals surface area contributed by atoms with Crippen molar-refractivity contribution in [2.45, 2.75) is 32.2 Å². The minimum absolute atomic E-state index is 0.0243. The Kier molecular flexibility index (Phi) is 4.62. The van der Waals surface area contributed by atoms with E-state index in [1.54, 1.807) is 23.5 Å². The summed E-state index contributed by atoms with van der Waals surface area (Å²) < 4.78 is 0. The number of anilines is 1. The molecule has 0 radical (unpaired) electrons. The van der Waals surface area contributed by atoms with Gasteiger partial charge in [0.2, 0.25) is 0 Å². The van der Waals surface area contributed by atoms with Crippen molar-refractivity contribution in [1.29, 1.82) is 0 Å². The van der Waals surface area contributed by atoms with Crippen LogP contribution >= 0.6 is 11.3 Å². The Labute approximate surface area is 138 Å². The van der Waals surface area contributed by atoms with Crippen LogP contribution in [-0.2, 0) is 19.4 Å². The van der Waals surface area contributed by atoms with Gasteiger partial charge in [-0.05, 0) is 55.0 Å². The maximum atomic E-state index is 12.3. The SMILES string of the molecule is NC(=O)Nc1ccc(CNC(=O)c2cc3c(s2)CCCC3)cc1. The molecule has 120 valence electrons. The average Bonchev–Trinajstić information content (AvgIpc) is 2.97. The van der Waals surface area contributed by atoms with Crippen LogP contribution < -0.4 is 16.4 Å². The summed E-state index contributed by atoms with van der Waals surface area (Å²) in [4.78, 5) is 25.2. The molecule has 2 aromatic rings. The van der Waals surface area contributed by atoms with Crippen molar-refractivity contribution >= 4 is 29.0 Å². The quantitative estimate of drug-likeness (QED) is 0.805. The Hall–Kier alpha value is -2.34. The lowest BCUT2D eigenvalue weighted by molar-refractivity contribution is 0.0955. The summed E-state index contributed by atoms with van der Waals surface area (Å²) in [6.07, 6.45) is 4.63. The fourth-order valence-electron chi connectivity index (χ4n) is 2.72. The van der Waals surface area contributed by atoms with Gasteiger partial charge in [-0.2, -0.15) is 0 Å². The van der Waals surface area contributed by atoms with Gasteiger partial charge < -0.3 is 16.4 Å². The van der Waals surface area contributed by atoms with E-state index >= 15 is 0 Å². The highest BCUT2D eigenvalue weighted by molar-refractivity contribution is 7.14. The van der Waals surface area contributed by atoms with Gasteiger partial charge in [-0.15, -0.1) is 11.3 Å². The number of hydrogen-bond donors (Lipinski definition) is 3. The third-order valence-corrected chi connectivity index (χ3v) is 5.13. The molecule has 0 aliphatic heterocycles. The van der Waals surface area contributed by atoms with E-state index in [1.807, 2.05) is 18.2 Å². The van der Waals surface area contributed by atoms with Gasteiger partial charge >= 0.3 is 6.03 Å². The number of rotatable bonds is 4. The van der Waals surface area contributed by atoms with E-state index in [4.69, 9.17) is 5.73 Å². The maximum Gasteiger partial charge on any atom is 0.316 e. The minimum Gasteiger partial charge on any atom is -0.351 e. The van der Waals surface area contributed by atoms with E-state index in [0.717, 1.165) is 23.3 Å². The van der Waals surface area contributed by atoms with Crippen LogP contribution in [0.5, 0.6) is 0 Å². The molecule has 0 spiro atoms. The summed E-state index contributed by atoms with van der Waals surface area (Å²) in [5.74, 6) is -0.0243. The third kappa shape index (κ3) is 3.90. The molecule has 4 N–H and O–H groups in total. The zero-order valence-electron chi connectivity index (χ0n) is 12.7. The number of carbonyl (C=O) groups excluding carboxylic acids is 2. The van der Waals surface area contributed by atoms with E-state index in [0.29, 0.717) is 12.2 Å². The Balaban J connectivity index is 1.58. The van der Waals surface area contributed by atoms with Crippen LogP contribution in [0, 0.1) is 0 Å². The fraction of sp³-hybridized carbons (Fsp3) is 0.294. The van der Waals surface area contributed by atoms with Gasteiger partial charge in [0.15, 0.2) is 0 Å². The molecular formula is C17H19N3O2S. The van der Waals surface area contributed by atoms with Gasteiger partial charge in [0.05, 0.1) is 4.88 Å². The fourth-order valence-corrected chi connectivity index (χ4v) is 3.89. The van der Waals surface area contributed by atoms with Crippen LogP contribution in [-0.4, -0.2) is 11.9 Å². The lowest BCUT2D eigenvalue weighted by Crippen LogP contribution is -2.22. The van der Waals surface area contributed by atoms with Crippen molar-refractivity contribution in [3.05, 3.63) is 51.2 Å². The van der Waals surface area contributed by atoms with Crippen molar-refractivity contribution < 1.29 is 9.59 Å². The molecule has 1 aromatic heterocycles. The van der Waals surface area contributed by atoms with Crippen LogP contribution in [0.3, 0.4) is 0 Å². The highest BCUT2D eigenvalue weighted by Gasteiger charge is 2.16. The van der Waals surface area contributed by atoms with Crippen molar-refractivity contribution in [3.8, 4) is 0 Å². The molecule has 0 bridgehead atoms. The molecule has 1 heterocycles. The van der Waals surface area contributed by atoms with E-state index in [2.05, 4.69) is 10.6 Å². The highest BCUT2D eigenvalue weighted by Crippen LogP contribution is 2.29. The molecular weight excluding hydrogens is 310 g/mol. The highest BCUT2D eigenvalue weighted by atomic mass is 32.1. The van der Waals surface area contributed by atoms with Gasteiger partial charge in [0, 0.05) is 17.1 Å². The number of nitrogens with one attached hydrogen (secondary N) is 2. The molecule has 23 heavy (non-hydrogen) atoms. The Morgan fingerprint density at radius 2 is 1.87 bits per heavy atom. The summed E-state index contributed by atoms with van der Waals surface area (Å²) in [7, 11) is 0. The second-order valence-electron chi connectivity index (χ2n) is 5.64. The number of primary amides is 1. The summed E-state index contributed by atoms with van der Waals surface area (Å²) in [6, 6.07) is 8.67. The van der Waals surface area contributed by atoms with Crippen LogP contribution in [0.2, 0.25) is 0 Å². The first-order valence-corrected chi connectivity index (χ1v) is 8.48. The Morgan fingerprint density at radius 3 is 2.57 bits per heavy atom. The number of aryl methyl sites for hydroxylation is 2. The molecule has 3 amide bonds. The zero-order chi connectivity index (χ0) is 16.2. The zero-order valence-corrected chi connectivity index (χ0v) is 13.5. The molecule has 0 saturated heterocycles. The number of benzene rings is 1. The molecule has 3 rings (SSSR count). The van der Waals surface area contributed by atoms with Gasteiger partial charge in [-0.25, -0.2) is 4.79 Å². The Bertz CT molecular complexity index is 698. The van der Waals surface area contributed by atoms with Crippen LogP contribution in [0.15, 0.2) is 30.3 Å². The maximum absolute atomic E-state index is 12.3. The predicted octanol–water partition coefficient (Wildman–Crippen LogP) is 3.05. The normalized spacial score (nSPS) is 13.2. The van der Waals surface area contributed by atoms with Crippen molar-refractivity contribution in [3.63, 3.8) is 0 Å². The number of thiophene rings is 1. The van der Waals surface area contributed by atoms with Crippen LogP contribution in [0.1, 0.15) is 38.5 Å². The molecule has 0 atom stereocenters. The second kappa shape index (κ2) is 6.83. The summed E-state index contributed by atoms with van der Waals surface area (Å²) in [5, 5.41) is 5.45. The lowest BCUT2D eigenvalue weighted by Gasteiger charge is -2.08. The first kappa shape index (κ1) is 15.6. The lowest BCUT2D eigenvalue weighted by atomic mass is 9.99. The largest absolute Gasteiger partial charge is 0.351 e. The smallest absolute Gasteiger partial charge is 0.316 e. The number of fused-ring (bicyclic) bond motifs is 1. The van der Waals surface area contributed by atoms with Gasteiger partial charge in [-0.3, -0.25) is 4.79 Å². The number of amides is 3. The Morgan fingerprint density at radius 1 is 1.13 bits per heavy atom. The van der Waals surface area contributed by atoms with Crippen molar-refractivity contribution in [2.75, 3.05) is 5.32 Å². The number of urea groups is 1. The molecule has 0 unspecified atom stereocenters. The first-order chi connectivity index (χ1) is 11.1. The van der Waals surface area contributed by atoms with Gasteiger partial charge in [-0.1, -0.05) is 12.1 Å². The predicted molar refractivity (Wildman–Crippen MR) is 91.8 cm³/mol. The van der Waals surface area contributed by atoms with E-state index in [9.17, 15) is 9.59 Å². The number of carbonyl (C=O) groups is 2. The van der Waals surface area contributed by atoms with Crippen LogP contribution in [0.25, 0.3) is 0 Å². The standard InChI is InChI=1S/C17H19N3O2S/c18-17(22)20-13-7-5-11(6-8-13)10-19-16(21)15-9-12-3-1-2-4-14(12)23-15/h5-9H,1-4,10H2,(H,19,21)(H3,18,20,22). The second-order valence-corrected chi connectivity index (χ2v) is 6.77. The third-order valence-electron chi connectivity index (χ3n) is 3.89. The molecule has 5 nitrogen and oxygen atoms in total. The monoisotopic (exact) mass is 329 g/mol. The van der Waals surface area contributed by atoms with E-state index < -0.39 is 6.03 Å². The van der Waals surface area contributed by atoms with E-state index in [1.165, 1.54) is 23.3 Å². The molecule has 1 aliphatic carbocycles. The average molecular weight is 329 g/mol. The summed E-state index contributed by atoms with van der Waals surface area (Å²) in [5.41, 5.74) is 8.01. The topological polar surface area (TPSA) is 84.2 Å². The summed E-state index contributed by atoms with van der Waals surface area (Å²) in [6.45, 7) is 0.457. The van der Waals surface area contributed by atoms with E-state index in [-0.39, 0.29) is 5.91 Å². The summed E-state index contributed by atoms with van der Waals surface area (Å²) >= 11 is 1.61. The van der Waals surface area contributed by atoms with Crippen molar-refractivity contribution in [1.82, 2.24) is 5.32 Å². The van der Waals surface area contributed by atoms with Gasteiger partial charge in [0.25, 0.3) is 5.91 Å². The molecule has 1 aromatic carbocycles. The minimum atomic E-state index is -0.590. The molecule has 0 fully saturated rings. The van der Waals surface area contributed by atoms with Crippen molar-refractivity contribution in [2.24, 2.45) is 5.73 Å². The van der Waals surface area contributed by atoms with Crippen LogP contribution in [0.4, 0.5) is 10.5 Å².